The first-order chi connectivity index (χ1) is 66.8. The summed E-state index contributed by atoms with van der Waals surface area (Å²) in [6.07, 6.45) is -21.1. The second-order valence-corrected chi connectivity index (χ2v) is 32.4. The predicted octanol–water partition coefficient (Wildman–Crippen LogP) is -4.48. The molecule has 0 radical (unpaired) electrons. The lowest BCUT2D eigenvalue weighted by Gasteiger charge is -2.22. The van der Waals surface area contributed by atoms with E-state index in [2.05, 4.69) is 20.6 Å². The van der Waals surface area contributed by atoms with Crippen molar-refractivity contribution in [3.63, 3.8) is 0 Å². The molecule has 5 aromatic carbocycles. The van der Waals surface area contributed by atoms with E-state index in [1.165, 1.54) is 91.9 Å². The predicted molar refractivity (Wildman–Crippen MR) is 457 cm³/mol. The van der Waals surface area contributed by atoms with Gasteiger partial charge in [0, 0.05) is 88.6 Å². The Morgan fingerprint density at radius 1 is 0.336 bits per heavy atom. The van der Waals surface area contributed by atoms with Gasteiger partial charge < -0.3 is 118 Å². The number of alkyl halides is 2. The highest BCUT2D eigenvalue weighted by Gasteiger charge is 2.49. The number of aromatic nitrogens is 14. The van der Waals surface area contributed by atoms with E-state index in [0.717, 1.165) is 102 Å². The third kappa shape index (κ3) is 19.7. The SMILES string of the molecule is Cc1cn([C@@H]2O[C@H](CO)[C@H](O)C2O)c(=O)n(CC(F)(F)c2ccccc2)c1=O.O=c1ccn([C@@H]2O[C@H](CO)[C@H](O)C2O)c(=O)n1Cc1noc2c(F)cccc12.O=c1ccn([C@@H]2O[C@H](CO)[C@H](O)C2O)c(=O)n1Cc1noc2cc(F)ccc12.O=c1ccn([C@@H]2O[C@H](CO)[C@H](O)C2O)c(=O)n1Cc1noc2ccc(F)cc12.O=c1ccn([C@@H]2O[C@H](CO)[C@H](O)C2O)c(=O)n1Cc1noc2cccc(F)c12. The van der Waals surface area contributed by atoms with E-state index in [1.54, 1.807) is 12.1 Å². The lowest BCUT2D eigenvalue weighted by Crippen LogP contribution is -2.46. The fourth-order valence-electron chi connectivity index (χ4n) is 16.0. The average molecular weight is 1970 g/mol. The lowest BCUT2D eigenvalue weighted by atomic mass is 10.1. The van der Waals surface area contributed by atoms with Crippen LogP contribution in [0.3, 0.4) is 0 Å². The Kier molecular flexibility index (Phi) is 29.9. The highest BCUT2D eigenvalue weighted by molar-refractivity contribution is 5.82. The summed E-state index contributed by atoms with van der Waals surface area (Å²) in [5.74, 6) is -5.78. The van der Waals surface area contributed by atoms with E-state index in [4.69, 9.17) is 41.8 Å². The number of hydrogen-bond acceptors (Lipinski definition) is 38. The monoisotopic (exact) mass is 1970 g/mol. The van der Waals surface area contributed by atoms with Crippen LogP contribution in [-0.4, -0.2) is 267 Å². The van der Waals surface area contributed by atoms with Gasteiger partial charge in [-0.15, -0.1) is 0 Å². The minimum Gasteiger partial charge on any atom is -0.394 e. The van der Waals surface area contributed by atoms with Crippen LogP contribution in [0.1, 0.15) is 65.0 Å². The van der Waals surface area contributed by atoms with Gasteiger partial charge >= 0.3 is 28.4 Å². The molecule has 20 atom stereocenters. The Hall–Kier alpha value is -13.8. The van der Waals surface area contributed by atoms with E-state index in [0.29, 0.717) is 26.3 Å². The molecule has 19 rings (SSSR count). The standard InChI is InChI=1S/C18H20F2N2O6.4C17H16FN3O7/c1-10-7-21(16-14(25)13(24)12(8-23)28-16)17(27)22(15(10)26)9-18(19,20)11-5-3-2-4-6-11;18-8-1-2-11-9(5-8)10(19-28-11)6-21-13(23)3-4-20(17(21)26)16-15(25)14(24)12(7-22)27-16;18-8-1-2-9-10(19-28-11(9)5-8)6-21-13(23)3-4-20(17(21)26)16-15(25)14(24)12(7-22)27-16;18-8-2-1-3-10-13(8)9(19-28-10)6-21-12(23)4-5-20(17(21)26)16-15(25)14(24)11(7-22)27-16;18-9-3-1-2-8-10(19-28-15(8)9)6-21-12(23)4-5-20(17(21)26)16-14(25)13(24)11(7-22)27-16/h2-7,12-14,16,23-25H,8-9H2,1H3;2*1-5,12,14-16,22,24-25H,6-7H2;1-5,11,14-16,22,24-25H,6-7H2;1-5,11,13-14,16,22,24-25H,6-7H2/t12-,13+,14?,16-;2*12-,14+,15?,16-;11-,14+,15?,16-;11-,13+,14?,16-/m11111/s1. The van der Waals surface area contributed by atoms with Gasteiger partial charge in [-0.2, -0.15) is 8.78 Å². The number of aryl methyl sites for hydroxylation is 1. The molecule has 5 unspecified atom stereocenters. The maximum Gasteiger partial charge on any atom is 0.333 e. The molecular formula is C86H84F6N14O34. The highest BCUT2D eigenvalue weighted by Crippen LogP contribution is 2.36. The first kappa shape index (κ1) is 101. The molecule has 0 amide bonds. The van der Waals surface area contributed by atoms with Crippen molar-refractivity contribution in [1.82, 2.24) is 66.3 Å². The zero-order valence-electron chi connectivity index (χ0n) is 72.1. The van der Waals surface area contributed by atoms with Crippen LogP contribution in [0.2, 0.25) is 0 Å². The molecule has 5 aliphatic rings. The van der Waals surface area contributed by atoms with Gasteiger partial charge in [0.1, 0.15) is 132 Å². The maximum atomic E-state index is 14.6. The molecule has 9 aromatic heterocycles. The molecular weight excluding hydrogens is 1890 g/mol. The molecule has 48 nitrogen and oxygen atoms in total. The van der Waals surface area contributed by atoms with E-state index >= 15 is 0 Å². The number of aliphatic hydroxyl groups excluding tert-OH is 15. The minimum absolute atomic E-state index is 0.0267. The summed E-state index contributed by atoms with van der Waals surface area (Å²) >= 11 is 0. The molecule has 0 bridgehead atoms. The van der Waals surface area contributed by atoms with Gasteiger partial charge in [-0.05, 0) is 61.5 Å². The fraction of sp³-hybridized carbons (Fsp3) is 0.372. The number of halogens is 6. The smallest absolute Gasteiger partial charge is 0.333 e. The quantitative estimate of drug-likeness (QED) is 0.0302. The zero-order valence-corrected chi connectivity index (χ0v) is 72.1. The topological polar surface area (TPSA) is 674 Å². The first-order valence-corrected chi connectivity index (χ1v) is 42.1. The highest BCUT2D eigenvalue weighted by atomic mass is 19.3. The molecule has 744 valence electrons. The number of benzene rings is 5. The molecule has 5 aliphatic heterocycles. The average Bonchev–Trinajstić information content (AvgIpc) is 1.67. The number of fused-ring (bicyclic) bond motifs is 4. The summed E-state index contributed by atoms with van der Waals surface area (Å²) in [6, 6.07) is 26.9. The summed E-state index contributed by atoms with van der Waals surface area (Å²) in [5.41, 5.74) is -7.21. The summed E-state index contributed by atoms with van der Waals surface area (Å²) in [4.78, 5) is 125. The second kappa shape index (κ2) is 41.7. The largest absolute Gasteiger partial charge is 0.394 e. The molecule has 5 saturated heterocycles. The van der Waals surface area contributed by atoms with Crippen LogP contribution in [0.25, 0.3) is 43.9 Å². The Morgan fingerprint density at radius 2 is 0.686 bits per heavy atom. The van der Waals surface area contributed by atoms with Crippen molar-refractivity contribution in [1.29, 1.82) is 0 Å². The Bertz CT molecular complexity index is 7430. The Labute approximate surface area is 773 Å². The van der Waals surface area contributed by atoms with Crippen LogP contribution in [0, 0.1) is 30.2 Å². The summed E-state index contributed by atoms with van der Waals surface area (Å²) < 4.78 is 139. The van der Waals surface area contributed by atoms with Crippen LogP contribution >= 0.6 is 0 Å². The van der Waals surface area contributed by atoms with Crippen molar-refractivity contribution in [2.75, 3.05) is 33.0 Å². The number of rotatable bonds is 21. The van der Waals surface area contributed by atoms with Gasteiger partial charge in [0.2, 0.25) is 5.58 Å². The van der Waals surface area contributed by atoms with Crippen molar-refractivity contribution in [3.8, 4) is 0 Å². The Morgan fingerprint density at radius 3 is 1.11 bits per heavy atom. The lowest BCUT2D eigenvalue weighted by molar-refractivity contribution is -0.0578. The molecule has 0 spiro atoms. The maximum absolute atomic E-state index is 14.6. The normalized spacial score (nSPS) is 24.9. The molecule has 140 heavy (non-hydrogen) atoms. The van der Waals surface area contributed by atoms with E-state index in [1.807, 2.05) is 0 Å². The second-order valence-electron chi connectivity index (χ2n) is 32.4. The number of hydrogen-bond donors (Lipinski definition) is 15. The van der Waals surface area contributed by atoms with E-state index < -0.39 is 248 Å². The number of para-hydroxylation sites is 1. The zero-order chi connectivity index (χ0) is 101. The van der Waals surface area contributed by atoms with Crippen molar-refractivity contribution in [3.05, 3.63) is 320 Å². The molecule has 0 aliphatic carbocycles. The van der Waals surface area contributed by atoms with Gasteiger partial charge in [0.25, 0.3) is 33.7 Å². The van der Waals surface area contributed by atoms with Crippen molar-refractivity contribution in [2.45, 2.75) is 168 Å². The number of aliphatic hydroxyl groups is 15. The minimum atomic E-state index is -3.50. The van der Waals surface area contributed by atoms with Gasteiger partial charge in [0.05, 0.1) is 71.1 Å². The van der Waals surface area contributed by atoms with Crippen molar-refractivity contribution in [2.24, 2.45) is 0 Å². The van der Waals surface area contributed by atoms with Gasteiger partial charge in [-0.1, -0.05) is 63.1 Å². The Balaban J connectivity index is 0.000000132. The van der Waals surface area contributed by atoms with E-state index in [9.17, 15) is 151 Å². The summed E-state index contributed by atoms with van der Waals surface area (Å²) in [6.45, 7) is -3.95. The molecule has 15 N–H and O–H groups in total. The van der Waals surface area contributed by atoms with Crippen molar-refractivity contribution >= 4 is 43.9 Å². The summed E-state index contributed by atoms with van der Waals surface area (Å²) in [5, 5.41) is 162. The van der Waals surface area contributed by atoms with Crippen LogP contribution in [0.5, 0.6) is 0 Å². The molecule has 54 heteroatoms. The fourth-order valence-corrected chi connectivity index (χ4v) is 16.0. The molecule has 14 aromatic rings. The molecule has 5 fully saturated rings. The van der Waals surface area contributed by atoms with E-state index in [-0.39, 0.29) is 82.2 Å². The number of nitrogens with zero attached hydrogens (tertiary/aromatic N) is 14. The van der Waals surface area contributed by atoms with Crippen LogP contribution in [-0.2, 0) is 62.3 Å². The summed E-state index contributed by atoms with van der Waals surface area (Å²) in [7, 11) is 0. The van der Waals surface area contributed by atoms with Crippen LogP contribution < -0.4 is 56.2 Å². The third-order valence-electron chi connectivity index (χ3n) is 23.5. The third-order valence-corrected chi connectivity index (χ3v) is 23.5. The van der Waals surface area contributed by atoms with Gasteiger partial charge in [0.15, 0.2) is 53.7 Å². The van der Waals surface area contributed by atoms with Gasteiger partial charge in [-0.3, -0.25) is 69.6 Å². The number of ether oxygens (including phenoxy) is 5. The van der Waals surface area contributed by atoms with Crippen molar-refractivity contribution < 1.29 is 145 Å². The van der Waals surface area contributed by atoms with Crippen LogP contribution in [0.4, 0.5) is 26.3 Å². The van der Waals surface area contributed by atoms with Gasteiger partial charge in [-0.25, -0.2) is 41.5 Å². The molecule has 0 saturated carbocycles. The molecule has 14 heterocycles. The first-order valence-electron chi connectivity index (χ1n) is 42.1. The van der Waals surface area contributed by atoms with Crippen LogP contribution in [0.15, 0.2) is 224 Å².